The highest BCUT2D eigenvalue weighted by atomic mass is 16.2. The van der Waals surface area contributed by atoms with Crippen LogP contribution in [-0.2, 0) is 15.0 Å². The number of nitrogens with zero attached hydrogens (tertiary/aromatic N) is 1. The zero-order chi connectivity index (χ0) is 16.2. The second-order valence-electron chi connectivity index (χ2n) is 6.59. The number of benzene rings is 1. The number of carbonyl (C=O) groups excluding carboxylic acids is 2. The molecule has 0 saturated heterocycles. The summed E-state index contributed by atoms with van der Waals surface area (Å²) in [5.41, 5.74) is 1.76. The number of para-hydroxylation sites is 1. The van der Waals surface area contributed by atoms with E-state index in [1.54, 1.807) is 0 Å². The lowest BCUT2D eigenvalue weighted by Crippen LogP contribution is -2.42. The van der Waals surface area contributed by atoms with Gasteiger partial charge in [-0.05, 0) is 30.9 Å². The summed E-state index contributed by atoms with van der Waals surface area (Å²) < 4.78 is 0. The van der Waals surface area contributed by atoms with Gasteiger partial charge in [0.15, 0.2) is 0 Å². The van der Waals surface area contributed by atoms with Crippen LogP contribution in [0, 0.1) is 0 Å². The zero-order valence-electron chi connectivity index (χ0n) is 13.9. The summed E-state index contributed by atoms with van der Waals surface area (Å²) in [5.74, 6) is -0.283. The Hall–Kier alpha value is -1.84. The van der Waals surface area contributed by atoms with Gasteiger partial charge in [-0.15, -0.1) is 0 Å². The maximum Gasteiger partial charge on any atom is 0.240 e. The van der Waals surface area contributed by atoms with Crippen molar-refractivity contribution in [3.63, 3.8) is 0 Å². The first-order valence-corrected chi connectivity index (χ1v) is 7.30. The van der Waals surface area contributed by atoms with Crippen molar-refractivity contribution in [2.24, 2.45) is 0 Å². The Morgan fingerprint density at radius 3 is 2.24 bits per heavy atom. The van der Waals surface area contributed by atoms with Crippen molar-refractivity contribution in [1.82, 2.24) is 5.32 Å². The van der Waals surface area contributed by atoms with E-state index in [0.717, 1.165) is 11.3 Å². The molecule has 21 heavy (non-hydrogen) atoms. The van der Waals surface area contributed by atoms with Crippen molar-refractivity contribution in [3.05, 3.63) is 29.8 Å². The minimum atomic E-state index is -0.149. The Morgan fingerprint density at radius 1 is 1.19 bits per heavy atom. The van der Waals surface area contributed by atoms with Crippen LogP contribution < -0.4 is 10.2 Å². The van der Waals surface area contributed by atoms with Crippen molar-refractivity contribution >= 4 is 17.5 Å². The highest BCUT2D eigenvalue weighted by molar-refractivity contribution is 5.98. The van der Waals surface area contributed by atoms with Gasteiger partial charge in [0.05, 0.1) is 0 Å². The molecule has 0 radical (unpaired) electrons. The molecule has 4 nitrogen and oxygen atoms in total. The summed E-state index contributed by atoms with van der Waals surface area (Å²) in [4.78, 5) is 25.5. The monoisotopic (exact) mass is 290 g/mol. The van der Waals surface area contributed by atoms with Crippen LogP contribution in [0.4, 0.5) is 5.69 Å². The van der Waals surface area contributed by atoms with E-state index in [2.05, 4.69) is 26.1 Å². The van der Waals surface area contributed by atoms with Gasteiger partial charge in [-0.2, -0.15) is 0 Å². The van der Waals surface area contributed by atoms with Gasteiger partial charge in [0.1, 0.15) is 6.54 Å². The van der Waals surface area contributed by atoms with Crippen LogP contribution in [0.1, 0.15) is 47.1 Å². The van der Waals surface area contributed by atoms with E-state index in [0.29, 0.717) is 0 Å². The summed E-state index contributed by atoms with van der Waals surface area (Å²) >= 11 is 0. The third kappa shape index (κ3) is 4.88. The van der Waals surface area contributed by atoms with E-state index in [4.69, 9.17) is 0 Å². The van der Waals surface area contributed by atoms with Crippen LogP contribution in [0.25, 0.3) is 0 Å². The standard InChI is InChI=1S/C17H26N2O2/c1-12(2)18-16(21)11-19(13(3)20)15-10-8-7-9-14(15)17(4,5)6/h7-10,12H,11H2,1-6H3,(H,18,21). The molecular formula is C17H26N2O2. The quantitative estimate of drug-likeness (QED) is 0.927. The molecular weight excluding hydrogens is 264 g/mol. The number of nitrogens with one attached hydrogen (secondary N) is 1. The Balaban J connectivity index is 3.13. The van der Waals surface area contributed by atoms with Crippen molar-refractivity contribution in [2.45, 2.75) is 53.0 Å². The Kier molecular flexibility index (Phi) is 5.53. The van der Waals surface area contributed by atoms with Gasteiger partial charge in [-0.1, -0.05) is 39.0 Å². The average molecular weight is 290 g/mol. The fourth-order valence-electron chi connectivity index (χ4n) is 2.22. The summed E-state index contributed by atoms with van der Waals surface area (Å²) in [7, 11) is 0. The second-order valence-corrected chi connectivity index (χ2v) is 6.59. The van der Waals surface area contributed by atoms with Gasteiger partial charge in [0.2, 0.25) is 11.8 Å². The van der Waals surface area contributed by atoms with E-state index in [9.17, 15) is 9.59 Å². The molecule has 0 unspecified atom stereocenters. The number of anilines is 1. The van der Waals surface area contributed by atoms with Crippen LogP contribution in [0.5, 0.6) is 0 Å². The molecule has 0 saturated carbocycles. The smallest absolute Gasteiger partial charge is 0.240 e. The molecule has 0 fully saturated rings. The zero-order valence-corrected chi connectivity index (χ0v) is 13.9. The van der Waals surface area contributed by atoms with Crippen molar-refractivity contribution in [2.75, 3.05) is 11.4 Å². The maximum atomic E-state index is 12.0. The number of carbonyl (C=O) groups is 2. The molecule has 1 rings (SSSR count). The lowest BCUT2D eigenvalue weighted by Gasteiger charge is -2.29. The van der Waals surface area contributed by atoms with E-state index in [1.165, 1.54) is 11.8 Å². The average Bonchev–Trinajstić information content (AvgIpc) is 2.33. The summed E-state index contributed by atoms with van der Waals surface area (Å²) in [6.07, 6.45) is 0. The third-order valence-corrected chi connectivity index (χ3v) is 3.13. The lowest BCUT2D eigenvalue weighted by atomic mass is 9.85. The van der Waals surface area contributed by atoms with Crippen molar-refractivity contribution in [1.29, 1.82) is 0 Å². The van der Waals surface area contributed by atoms with E-state index >= 15 is 0 Å². The lowest BCUT2D eigenvalue weighted by molar-refractivity contribution is -0.123. The molecule has 116 valence electrons. The number of hydrogen-bond acceptors (Lipinski definition) is 2. The molecule has 0 heterocycles. The minimum absolute atomic E-state index is 0.0423. The molecule has 1 aromatic carbocycles. The van der Waals surface area contributed by atoms with Gasteiger partial charge in [-0.25, -0.2) is 0 Å². The molecule has 0 bridgehead atoms. The molecule has 1 aromatic rings. The molecule has 0 aliphatic carbocycles. The first-order chi connectivity index (χ1) is 9.62. The third-order valence-electron chi connectivity index (χ3n) is 3.13. The fraction of sp³-hybridized carbons (Fsp3) is 0.529. The van der Waals surface area contributed by atoms with Gasteiger partial charge < -0.3 is 10.2 Å². The topological polar surface area (TPSA) is 49.4 Å². The van der Waals surface area contributed by atoms with Gasteiger partial charge in [-0.3, -0.25) is 9.59 Å². The van der Waals surface area contributed by atoms with Crippen LogP contribution in [-0.4, -0.2) is 24.4 Å². The molecule has 2 amide bonds. The number of amides is 2. The molecule has 0 spiro atoms. The molecule has 0 aliphatic rings. The SMILES string of the molecule is CC(=O)N(CC(=O)NC(C)C)c1ccccc1C(C)(C)C. The van der Waals surface area contributed by atoms with E-state index in [1.807, 2.05) is 38.1 Å². The summed E-state index contributed by atoms with van der Waals surface area (Å²) in [6, 6.07) is 7.80. The molecule has 0 aliphatic heterocycles. The first kappa shape index (κ1) is 17.2. The van der Waals surface area contributed by atoms with Gasteiger partial charge in [0.25, 0.3) is 0 Å². The molecule has 0 aromatic heterocycles. The van der Waals surface area contributed by atoms with Crippen LogP contribution in [0.3, 0.4) is 0 Å². The van der Waals surface area contributed by atoms with E-state index < -0.39 is 0 Å². The van der Waals surface area contributed by atoms with Crippen molar-refractivity contribution < 1.29 is 9.59 Å². The maximum absolute atomic E-state index is 12.0. The normalized spacial score (nSPS) is 11.4. The summed E-state index contributed by atoms with van der Waals surface area (Å²) in [5, 5.41) is 2.82. The Bertz CT molecular complexity index is 516. The minimum Gasteiger partial charge on any atom is -0.352 e. The van der Waals surface area contributed by atoms with Crippen LogP contribution in [0.15, 0.2) is 24.3 Å². The van der Waals surface area contributed by atoms with Crippen LogP contribution in [0.2, 0.25) is 0 Å². The first-order valence-electron chi connectivity index (χ1n) is 7.30. The highest BCUT2D eigenvalue weighted by Gasteiger charge is 2.24. The van der Waals surface area contributed by atoms with Crippen molar-refractivity contribution in [3.8, 4) is 0 Å². The fourth-order valence-corrected chi connectivity index (χ4v) is 2.22. The van der Waals surface area contributed by atoms with Gasteiger partial charge in [0, 0.05) is 18.7 Å². The van der Waals surface area contributed by atoms with Crippen LogP contribution >= 0.6 is 0 Å². The predicted octanol–water partition coefficient (Wildman–Crippen LogP) is 2.86. The Morgan fingerprint density at radius 2 is 1.76 bits per heavy atom. The number of rotatable bonds is 4. The largest absolute Gasteiger partial charge is 0.352 e. The Labute approximate surface area is 127 Å². The molecule has 4 heteroatoms. The summed E-state index contributed by atoms with van der Waals surface area (Å²) in [6.45, 7) is 11.6. The van der Waals surface area contributed by atoms with Gasteiger partial charge >= 0.3 is 0 Å². The predicted molar refractivity (Wildman–Crippen MR) is 86.4 cm³/mol. The molecule has 1 N–H and O–H groups in total. The highest BCUT2D eigenvalue weighted by Crippen LogP contribution is 2.31. The number of hydrogen-bond donors (Lipinski definition) is 1. The molecule has 0 atom stereocenters. The van der Waals surface area contributed by atoms with E-state index in [-0.39, 0.29) is 29.8 Å². The second kappa shape index (κ2) is 6.74.